The topological polar surface area (TPSA) is 134 Å². The van der Waals surface area contributed by atoms with E-state index >= 15 is 0 Å². The van der Waals surface area contributed by atoms with Crippen molar-refractivity contribution in [1.82, 2.24) is 14.5 Å². The van der Waals surface area contributed by atoms with E-state index in [0.717, 1.165) is 4.57 Å². The Kier molecular flexibility index (Phi) is 3.09. The van der Waals surface area contributed by atoms with Crippen LogP contribution in [0.1, 0.15) is 12.5 Å². The van der Waals surface area contributed by atoms with Gasteiger partial charge in [-0.05, 0) is 6.42 Å². The van der Waals surface area contributed by atoms with E-state index in [9.17, 15) is 15.0 Å². The zero-order valence-corrected chi connectivity index (χ0v) is 8.97. The highest BCUT2D eigenvalue weighted by Gasteiger charge is 2.42. The largest absolute Gasteiger partial charge is 0.396 e. The van der Waals surface area contributed by atoms with Gasteiger partial charge in [0.1, 0.15) is 12.4 Å². The maximum Gasteiger partial charge on any atom is 0.352 e. The molecule has 0 aliphatic heterocycles. The SMILES string of the molecule is Nc1ncn([C@@H]2C[C@H](CO)[C@H](O)C2O)c(=O)n1. The standard InChI is InChI=1S/C9H14N4O4/c10-8-11-3-13(9(17)12-8)5-1-4(2-14)6(15)7(5)16/h3-7,14-16H,1-2H2,(H2,10,12,17)/t4-,5-,6+,7?/m1/s1. The maximum absolute atomic E-state index is 11.6. The summed E-state index contributed by atoms with van der Waals surface area (Å²) in [7, 11) is 0. The van der Waals surface area contributed by atoms with Gasteiger partial charge in [0.15, 0.2) is 0 Å². The number of hydrogen-bond acceptors (Lipinski definition) is 7. The Labute approximate surface area is 96.4 Å². The number of aliphatic hydroxyl groups is 3. The molecule has 1 aromatic rings. The predicted molar refractivity (Wildman–Crippen MR) is 56.9 cm³/mol. The van der Waals surface area contributed by atoms with Crippen LogP contribution in [0.25, 0.3) is 0 Å². The summed E-state index contributed by atoms with van der Waals surface area (Å²) in [6.07, 6.45) is -0.719. The average Bonchev–Trinajstić information content (AvgIpc) is 2.57. The number of aromatic nitrogens is 3. The molecule has 1 aliphatic rings. The van der Waals surface area contributed by atoms with Gasteiger partial charge in [0, 0.05) is 12.5 Å². The van der Waals surface area contributed by atoms with Crippen molar-refractivity contribution in [3.63, 3.8) is 0 Å². The van der Waals surface area contributed by atoms with Crippen LogP contribution in [0.3, 0.4) is 0 Å². The molecule has 17 heavy (non-hydrogen) atoms. The Balaban J connectivity index is 2.32. The van der Waals surface area contributed by atoms with E-state index in [2.05, 4.69) is 9.97 Å². The minimum Gasteiger partial charge on any atom is -0.396 e. The molecule has 1 aliphatic carbocycles. The van der Waals surface area contributed by atoms with Gasteiger partial charge in [-0.25, -0.2) is 9.78 Å². The van der Waals surface area contributed by atoms with Crippen LogP contribution in [-0.2, 0) is 0 Å². The van der Waals surface area contributed by atoms with Gasteiger partial charge in [0.2, 0.25) is 5.95 Å². The summed E-state index contributed by atoms with van der Waals surface area (Å²) >= 11 is 0. The van der Waals surface area contributed by atoms with E-state index in [1.54, 1.807) is 0 Å². The first-order chi connectivity index (χ1) is 8.04. The first-order valence-electron chi connectivity index (χ1n) is 5.22. The van der Waals surface area contributed by atoms with E-state index < -0.39 is 29.9 Å². The summed E-state index contributed by atoms with van der Waals surface area (Å²) in [5.74, 6) is -0.600. The lowest BCUT2D eigenvalue weighted by atomic mass is 10.1. The molecule has 0 spiro atoms. The summed E-state index contributed by atoms with van der Waals surface area (Å²) in [6.45, 7) is -0.251. The molecule has 1 unspecified atom stereocenters. The van der Waals surface area contributed by atoms with E-state index in [-0.39, 0.29) is 19.0 Å². The van der Waals surface area contributed by atoms with Gasteiger partial charge in [-0.15, -0.1) is 0 Å². The van der Waals surface area contributed by atoms with Gasteiger partial charge in [0.25, 0.3) is 0 Å². The molecule has 4 atom stereocenters. The van der Waals surface area contributed by atoms with Crippen molar-refractivity contribution >= 4 is 5.95 Å². The smallest absolute Gasteiger partial charge is 0.352 e. The molecule has 0 amide bonds. The van der Waals surface area contributed by atoms with Gasteiger partial charge in [-0.2, -0.15) is 4.98 Å². The first kappa shape index (κ1) is 12.0. The molecule has 5 N–H and O–H groups in total. The summed E-state index contributed by atoms with van der Waals surface area (Å²) in [5, 5.41) is 28.5. The number of nitrogens with two attached hydrogens (primary N) is 1. The van der Waals surface area contributed by atoms with Crippen molar-refractivity contribution in [3.05, 3.63) is 16.8 Å². The van der Waals surface area contributed by atoms with Crippen LogP contribution in [0.15, 0.2) is 11.1 Å². The van der Waals surface area contributed by atoms with Crippen LogP contribution in [0.2, 0.25) is 0 Å². The number of rotatable bonds is 2. The van der Waals surface area contributed by atoms with E-state index in [4.69, 9.17) is 10.8 Å². The van der Waals surface area contributed by atoms with Crippen molar-refractivity contribution in [3.8, 4) is 0 Å². The molecule has 0 radical (unpaired) electrons. The van der Waals surface area contributed by atoms with Gasteiger partial charge in [-0.1, -0.05) is 0 Å². The Morgan fingerprint density at radius 2 is 2.18 bits per heavy atom. The molecule has 8 nitrogen and oxygen atoms in total. The lowest BCUT2D eigenvalue weighted by Crippen LogP contribution is -2.35. The summed E-state index contributed by atoms with van der Waals surface area (Å²) in [6, 6.07) is -0.643. The molecule has 1 heterocycles. The Hall–Kier alpha value is -1.51. The Bertz CT molecular complexity index is 463. The molecule has 0 saturated heterocycles. The van der Waals surface area contributed by atoms with E-state index in [1.165, 1.54) is 6.33 Å². The zero-order chi connectivity index (χ0) is 12.6. The molecule has 2 rings (SSSR count). The van der Waals surface area contributed by atoms with Crippen molar-refractivity contribution in [1.29, 1.82) is 0 Å². The van der Waals surface area contributed by atoms with Crippen LogP contribution in [-0.4, -0.2) is 48.7 Å². The van der Waals surface area contributed by atoms with Gasteiger partial charge >= 0.3 is 5.69 Å². The third-order valence-electron chi connectivity index (χ3n) is 3.11. The normalized spacial score (nSPS) is 32.9. The second-order valence-electron chi connectivity index (χ2n) is 4.13. The van der Waals surface area contributed by atoms with Crippen LogP contribution in [0, 0.1) is 5.92 Å². The third-order valence-corrected chi connectivity index (χ3v) is 3.11. The first-order valence-corrected chi connectivity index (χ1v) is 5.22. The Morgan fingerprint density at radius 3 is 2.71 bits per heavy atom. The fourth-order valence-corrected chi connectivity index (χ4v) is 2.14. The molecule has 0 bridgehead atoms. The van der Waals surface area contributed by atoms with Crippen LogP contribution in [0.5, 0.6) is 0 Å². The number of nitrogens with zero attached hydrogens (tertiary/aromatic N) is 3. The summed E-state index contributed by atoms with van der Waals surface area (Å²) < 4.78 is 1.12. The minimum atomic E-state index is -1.13. The van der Waals surface area contributed by atoms with Gasteiger partial charge in [-0.3, -0.25) is 4.57 Å². The lowest BCUT2D eigenvalue weighted by Gasteiger charge is -2.17. The third kappa shape index (κ3) is 2.02. The van der Waals surface area contributed by atoms with Crippen molar-refractivity contribution in [2.45, 2.75) is 24.7 Å². The fourth-order valence-electron chi connectivity index (χ4n) is 2.14. The molecule has 1 fully saturated rings. The molecular formula is C9H14N4O4. The van der Waals surface area contributed by atoms with Crippen LogP contribution < -0.4 is 11.4 Å². The summed E-state index contributed by atoms with van der Waals surface area (Å²) in [4.78, 5) is 18.7. The predicted octanol–water partition coefficient (Wildman–Crippen LogP) is -2.50. The maximum atomic E-state index is 11.6. The van der Waals surface area contributed by atoms with E-state index in [1.807, 2.05) is 0 Å². The van der Waals surface area contributed by atoms with Gasteiger partial charge < -0.3 is 21.1 Å². The molecule has 94 valence electrons. The number of hydrogen-bond donors (Lipinski definition) is 4. The second-order valence-corrected chi connectivity index (χ2v) is 4.13. The average molecular weight is 242 g/mol. The Morgan fingerprint density at radius 1 is 1.47 bits per heavy atom. The van der Waals surface area contributed by atoms with Crippen molar-refractivity contribution in [2.75, 3.05) is 12.3 Å². The number of nitrogen functional groups attached to an aromatic ring is 1. The minimum absolute atomic E-state index is 0.141. The molecule has 1 saturated carbocycles. The molecule has 8 heteroatoms. The number of anilines is 1. The van der Waals surface area contributed by atoms with Crippen LogP contribution in [0.4, 0.5) is 5.95 Å². The molecular weight excluding hydrogens is 228 g/mol. The van der Waals surface area contributed by atoms with Crippen LogP contribution >= 0.6 is 0 Å². The summed E-state index contributed by atoms with van der Waals surface area (Å²) in [5.41, 5.74) is 4.62. The molecule has 1 aromatic heterocycles. The highest BCUT2D eigenvalue weighted by molar-refractivity contribution is 5.10. The second kappa shape index (κ2) is 4.40. The van der Waals surface area contributed by atoms with Gasteiger partial charge in [0.05, 0.1) is 12.1 Å². The monoisotopic (exact) mass is 242 g/mol. The van der Waals surface area contributed by atoms with E-state index in [0.29, 0.717) is 0 Å². The lowest BCUT2D eigenvalue weighted by molar-refractivity contribution is -0.00465. The zero-order valence-electron chi connectivity index (χ0n) is 8.97. The highest BCUT2D eigenvalue weighted by atomic mass is 16.3. The highest BCUT2D eigenvalue weighted by Crippen LogP contribution is 2.33. The fraction of sp³-hybridized carbons (Fsp3) is 0.667. The van der Waals surface area contributed by atoms with Crippen molar-refractivity contribution < 1.29 is 15.3 Å². The van der Waals surface area contributed by atoms with Crippen molar-refractivity contribution in [2.24, 2.45) is 5.92 Å². The number of aliphatic hydroxyl groups excluding tert-OH is 3. The quantitative estimate of drug-likeness (QED) is 0.450. The molecule has 0 aromatic carbocycles.